The lowest BCUT2D eigenvalue weighted by Gasteiger charge is -2.27. The predicted octanol–water partition coefficient (Wildman–Crippen LogP) is 5.95. The molecule has 0 unspecified atom stereocenters. The van der Waals surface area contributed by atoms with Crippen LogP contribution in [-0.4, -0.2) is 22.8 Å². The van der Waals surface area contributed by atoms with E-state index in [-0.39, 0.29) is 17.9 Å². The first-order valence-corrected chi connectivity index (χ1v) is 12.7. The summed E-state index contributed by atoms with van der Waals surface area (Å²) < 4.78 is 6.59. The highest BCUT2D eigenvalue weighted by Crippen LogP contribution is 2.34. The summed E-state index contributed by atoms with van der Waals surface area (Å²) in [6.07, 6.45) is 3.55. The molecule has 198 valence electrons. The number of barbiturate groups is 1. The molecule has 1 aliphatic rings. The molecule has 39 heavy (non-hydrogen) atoms. The van der Waals surface area contributed by atoms with Crippen LogP contribution in [0.15, 0.2) is 77.3 Å². The van der Waals surface area contributed by atoms with Crippen molar-refractivity contribution in [3.8, 4) is 5.75 Å². The Morgan fingerprint density at radius 2 is 1.77 bits per heavy atom. The van der Waals surface area contributed by atoms with Gasteiger partial charge in [-0.3, -0.25) is 25.0 Å². The van der Waals surface area contributed by atoms with E-state index < -0.39 is 22.8 Å². The number of carbonyl (C=O) groups is 3. The summed E-state index contributed by atoms with van der Waals surface area (Å²) in [6, 6.07) is 13.9. The Hall–Kier alpha value is -4.57. The molecule has 1 aliphatic heterocycles. The molecule has 4 amide bonds. The van der Waals surface area contributed by atoms with Gasteiger partial charge < -0.3 is 4.74 Å². The highest BCUT2D eigenvalue weighted by atomic mass is 79.9. The van der Waals surface area contributed by atoms with Crippen molar-refractivity contribution in [2.75, 3.05) is 4.90 Å². The molecule has 0 spiro atoms. The number of amides is 4. The molecule has 0 aromatic heterocycles. The molecule has 4 rings (SSSR count). The third kappa shape index (κ3) is 5.96. The maximum atomic E-state index is 13.3. The van der Waals surface area contributed by atoms with E-state index in [0.717, 1.165) is 27.2 Å². The Kier molecular flexibility index (Phi) is 8.06. The number of carbonyl (C=O) groups excluding carboxylic acids is 3. The summed E-state index contributed by atoms with van der Waals surface area (Å²) in [5, 5.41) is 13.1. The minimum absolute atomic E-state index is 0.0104. The number of hydrogen-bond donors (Lipinski definition) is 1. The van der Waals surface area contributed by atoms with E-state index in [1.807, 2.05) is 13.8 Å². The van der Waals surface area contributed by atoms with Gasteiger partial charge in [-0.15, -0.1) is 6.58 Å². The number of benzene rings is 3. The van der Waals surface area contributed by atoms with E-state index in [0.29, 0.717) is 27.9 Å². The number of aryl methyl sites for hydroxylation is 2. The lowest BCUT2D eigenvalue weighted by atomic mass is 10.0. The van der Waals surface area contributed by atoms with Gasteiger partial charge >= 0.3 is 6.03 Å². The fraction of sp³-hybridized carbons (Fsp3) is 0.138. The molecular weight excluding hydrogens is 566 g/mol. The van der Waals surface area contributed by atoms with Crippen LogP contribution < -0.4 is 15.0 Å². The molecule has 3 aromatic rings. The minimum atomic E-state index is -0.811. The number of ether oxygens (including phenoxy) is 1. The molecule has 0 aliphatic carbocycles. The SMILES string of the molecule is C=CCc1cc(/C=C2\C(=O)NC(=O)N(c3ccc(C)c(C)c3)C2=O)cc(Br)c1OCc1ccc([N+](=O)[O-])cc1. The smallest absolute Gasteiger partial charge is 0.335 e. The molecular formula is C29H24BrN3O6. The van der Waals surface area contributed by atoms with Crippen molar-refractivity contribution < 1.29 is 24.0 Å². The van der Waals surface area contributed by atoms with Crippen molar-refractivity contribution in [3.63, 3.8) is 0 Å². The average Bonchev–Trinajstić information content (AvgIpc) is 2.88. The standard InChI is InChI=1S/C29H24BrN3O6/c1-4-5-21-13-20(15-25(30)26(21)39-16-19-7-10-22(11-8-19)33(37)38)14-24-27(34)31-29(36)32(28(24)35)23-9-6-17(2)18(3)12-23/h4,6-15H,1,5,16H2,2-3H3,(H,31,34,36)/b24-14+. The zero-order chi connectivity index (χ0) is 28.3. The lowest BCUT2D eigenvalue weighted by molar-refractivity contribution is -0.384. The highest BCUT2D eigenvalue weighted by molar-refractivity contribution is 9.10. The van der Waals surface area contributed by atoms with Crippen LogP contribution in [0.2, 0.25) is 0 Å². The number of nitrogens with one attached hydrogen (secondary N) is 1. The third-order valence-electron chi connectivity index (χ3n) is 6.20. The van der Waals surface area contributed by atoms with Crippen LogP contribution in [0.5, 0.6) is 5.75 Å². The number of non-ortho nitro benzene ring substituents is 1. The van der Waals surface area contributed by atoms with Crippen molar-refractivity contribution in [2.45, 2.75) is 26.9 Å². The Bertz CT molecular complexity index is 1550. The van der Waals surface area contributed by atoms with Crippen molar-refractivity contribution in [3.05, 3.63) is 115 Å². The molecule has 0 bridgehead atoms. The Labute approximate surface area is 233 Å². The molecule has 1 heterocycles. The quantitative estimate of drug-likeness (QED) is 0.114. The van der Waals surface area contributed by atoms with E-state index in [4.69, 9.17) is 4.74 Å². The van der Waals surface area contributed by atoms with Gasteiger partial charge in [0.1, 0.15) is 17.9 Å². The second-order valence-electron chi connectivity index (χ2n) is 8.92. The predicted molar refractivity (Wildman–Crippen MR) is 150 cm³/mol. The lowest BCUT2D eigenvalue weighted by Crippen LogP contribution is -2.54. The van der Waals surface area contributed by atoms with Crippen LogP contribution in [0, 0.1) is 24.0 Å². The van der Waals surface area contributed by atoms with Crippen LogP contribution in [0.1, 0.15) is 27.8 Å². The van der Waals surface area contributed by atoms with Crippen LogP contribution in [0.25, 0.3) is 6.08 Å². The van der Waals surface area contributed by atoms with Crippen LogP contribution in [0.3, 0.4) is 0 Å². The first kappa shape index (κ1) is 27.5. The number of urea groups is 1. The van der Waals surface area contributed by atoms with Gasteiger partial charge in [0.2, 0.25) is 0 Å². The zero-order valence-electron chi connectivity index (χ0n) is 21.2. The van der Waals surface area contributed by atoms with Gasteiger partial charge in [-0.2, -0.15) is 0 Å². The fourth-order valence-electron chi connectivity index (χ4n) is 4.02. The van der Waals surface area contributed by atoms with Crippen molar-refractivity contribution in [1.29, 1.82) is 0 Å². The van der Waals surface area contributed by atoms with E-state index in [9.17, 15) is 24.5 Å². The van der Waals surface area contributed by atoms with Gasteiger partial charge in [0.25, 0.3) is 17.5 Å². The number of nitrogens with zero attached hydrogens (tertiary/aromatic N) is 2. The Balaban J connectivity index is 1.64. The minimum Gasteiger partial charge on any atom is -0.487 e. The summed E-state index contributed by atoms with van der Waals surface area (Å²) >= 11 is 3.51. The monoisotopic (exact) mass is 589 g/mol. The first-order valence-electron chi connectivity index (χ1n) is 11.9. The Morgan fingerprint density at radius 1 is 1.05 bits per heavy atom. The van der Waals surface area contributed by atoms with Crippen molar-refractivity contribution in [2.24, 2.45) is 0 Å². The summed E-state index contributed by atoms with van der Waals surface area (Å²) in [4.78, 5) is 49.9. The van der Waals surface area contributed by atoms with Gasteiger partial charge in [-0.1, -0.05) is 12.1 Å². The molecule has 1 N–H and O–H groups in total. The van der Waals surface area contributed by atoms with Gasteiger partial charge in [-0.25, -0.2) is 9.69 Å². The van der Waals surface area contributed by atoms with Crippen molar-refractivity contribution >= 4 is 51.2 Å². The van der Waals surface area contributed by atoms with Gasteiger partial charge in [0.15, 0.2) is 0 Å². The summed E-state index contributed by atoms with van der Waals surface area (Å²) in [5.74, 6) is -0.987. The summed E-state index contributed by atoms with van der Waals surface area (Å²) in [6.45, 7) is 7.75. The number of imide groups is 2. The number of anilines is 1. The largest absolute Gasteiger partial charge is 0.487 e. The number of nitro groups is 1. The highest BCUT2D eigenvalue weighted by Gasteiger charge is 2.37. The zero-order valence-corrected chi connectivity index (χ0v) is 22.8. The second-order valence-corrected chi connectivity index (χ2v) is 9.78. The third-order valence-corrected chi connectivity index (χ3v) is 6.79. The molecule has 0 radical (unpaired) electrons. The number of rotatable bonds is 8. The number of hydrogen-bond acceptors (Lipinski definition) is 6. The molecule has 3 aromatic carbocycles. The average molecular weight is 590 g/mol. The normalized spacial score (nSPS) is 14.4. The van der Waals surface area contributed by atoms with Crippen LogP contribution >= 0.6 is 15.9 Å². The second kappa shape index (κ2) is 11.4. The molecule has 1 saturated heterocycles. The molecule has 1 fully saturated rings. The van der Waals surface area contributed by atoms with Crippen molar-refractivity contribution in [1.82, 2.24) is 5.32 Å². The van der Waals surface area contributed by atoms with Crippen LogP contribution in [-0.2, 0) is 22.6 Å². The fourth-order valence-corrected chi connectivity index (χ4v) is 4.65. The van der Waals surface area contributed by atoms with Gasteiger partial charge in [-0.05, 0) is 106 Å². The van der Waals surface area contributed by atoms with Crippen LogP contribution in [0.4, 0.5) is 16.2 Å². The summed E-state index contributed by atoms with van der Waals surface area (Å²) in [7, 11) is 0. The maximum Gasteiger partial charge on any atom is 0.335 e. The molecule has 9 nitrogen and oxygen atoms in total. The number of allylic oxidation sites excluding steroid dienone is 1. The number of nitro benzene ring substituents is 1. The maximum absolute atomic E-state index is 13.3. The molecule has 10 heteroatoms. The number of halogens is 1. The molecule has 0 atom stereocenters. The first-order chi connectivity index (χ1) is 18.6. The van der Waals surface area contributed by atoms with E-state index in [2.05, 4.69) is 27.8 Å². The topological polar surface area (TPSA) is 119 Å². The van der Waals surface area contributed by atoms with Gasteiger partial charge in [0.05, 0.1) is 15.1 Å². The van der Waals surface area contributed by atoms with Gasteiger partial charge in [0, 0.05) is 12.1 Å². The molecule has 0 saturated carbocycles. The van der Waals surface area contributed by atoms with E-state index >= 15 is 0 Å². The summed E-state index contributed by atoms with van der Waals surface area (Å²) in [5.41, 5.74) is 4.08. The van der Waals surface area contributed by atoms with E-state index in [1.54, 1.807) is 48.5 Å². The van der Waals surface area contributed by atoms with E-state index in [1.165, 1.54) is 18.2 Å². The Morgan fingerprint density at radius 3 is 2.41 bits per heavy atom.